The number of ether oxygens (including phenoxy) is 1. The van der Waals surface area contributed by atoms with E-state index in [1.807, 2.05) is 56.9 Å². The fourth-order valence-electron chi connectivity index (χ4n) is 2.71. The van der Waals surface area contributed by atoms with Crippen molar-refractivity contribution in [2.24, 2.45) is 0 Å². The molecule has 1 aliphatic heterocycles. The van der Waals surface area contributed by atoms with Crippen molar-refractivity contribution in [1.29, 1.82) is 0 Å². The summed E-state index contributed by atoms with van der Waals surface area (Å²) in [6.07, 6.45) is 0. The minimum Gasteiger partial charge on any atom is -0.366 e. The molecule has 1 amide bonds. The molecule has 2 rings (SSSR count). The fraction of sp³-hybridized carbons (Fsp3) is 0.533. The Hall–Kier alpha value is -0.620. The van der Waals surface area contributed by atoms with Gasteiger partial charge in [0, 0.05) is 22.2 Å². The number of halogens is 1. The van der Waals surface area contributed by atoms with Crippen LogP contribution in [0, 0.1) is 3.57 Å². The minimum atomic E-state index is -0.305. The van der Waals surface area contributed by atoms with Crippen LogP contribution in [0.2, 0.25) is 0 Å². The van der Waals surface area contributed by atoms with E-state index in [1.165, 1.54) is 0 Å². The molecule has 1 fully saturated rings. The van der Waals surface area contributed by atoms with Crippen molar-refractivity contribution in [3.63, 3.8) is 0 Å². The molecule has 0 aliphatic carbocycles. The topological polar surface area (TPSA) is 29.5 Å². The van der Waals surface area contributed by atoms with Crippen molar-refractivity contribution in [3.8, 4) is 0 Å². The maximum absolute atomic E-state index is 12.6. The molecular weight excluding hydrogens is 353 g/mol. The summed E-state index contributed by atoms with van der Waals surface area (Å²) in [7, 11) is 0. The van der Waals surface area contributed by atoms with Gasteiger partial charge in [-0.25, -0.2) is 0 Å². The first-order valence-electron chi connectivity index (χ1n) is 6.44. The third-order valence-electron chi connectivity index (χ3n) is 3.07. The van der Waals surface area contributed by atoms with Crippen LogP contribution in [0.25, 0.3) is 0 Å². The van der Waals surface area contributed by atoms with E-state index >= 15 is 0 Å². The molecule has 104 valence electrons. The maximum Gasteiger partial charge on any atom is 0.254 e. The highest BCUT2D eigenvalue weighted by atomic mass is 127. The molecule has 1 aromatic carbocycles. The van der Waals surface area contributed by atoms with E-state index in [0.29, 0.717) is 13.1 Å². The lowest BCUT2D eigenvalue weighted by molar-refractivity contribution is -0.171. The van der Waals surface area contributed by atoms with E-state index in [-0.39, 0.29) is 17.1 Å². The fourth-order valence-corrected chi connectivity index (χ4v) is 3.07. The number of carbonyl (C=O) groups is 1. The Labute approximate surface area is 128 Å². The second-order valence-corrected chi connectivity index (χ2v) is 7.54. The number of hydrogen-bond donors (Lipinski definition) is 0. The van der Waals surface area contributed by atoms with E-state index in [2.05, 4.69) is 22.6 Å². The number of hydrogen-bond acceptors (Lipinski definition) is 2. The van der Waals surface area contributed by atoms with Gasteiger partial charge in [0.15, 0.2) is 0 Å². The van der Waals surface area contributed by atoms with Gasteiger partial charge >= 0.3 is 0 Å². The van der Waals surface area contributed by atoms with Crippen molar-refractivity contribution in [2.75, 3.05) is 13.1 Å². The van der Waals surface area contributed by atoms with Crippen LogP contribution in [0.15, 0.2) is 24.3 Å². The average molecular weight is 373 g/mol. The summed E-state index contributed by atoms with van der Waals surface area (Å²) in [4.78, 5) is 14.4. The molecule has 3 nitrogen and oxygen atoms in total. The van der Waals surface area contributed by atoms with Crippen LogP contribution in [0.4, 0.5) is 0 Å². The SMILES string of the molecule is CC1(C)CN(C(=O)c2ccc(I)cc2)CC(C)(C)O1. The van der Waals surface area contributed by atoms with Gasteiger partial charge in [-0.3, -0.25) is 4.79 Å². The van der Waals surface area contributed by atoms with Gasteiger partial charge in [-0.05, 0) is 74.6 Å². The highest BCUT2D eigenvalue weighted by molar-refractivity contribution is 14.1. The number of benzene rings is 1. The Balaban J connectivity index is 2.21. The van der Waals surface area contributed by atoms with Gasteiger partial charge in [0.1, 0.15) is 0 Å². The van der Waals surface area contributed by atoms with Gasteiger partial charge in [-0.15, -0.1) is 0 Å². The molecule has 4 heteroatoms. The summed E-state index contributed by atoms with van der Waals surface area (Å²) < 4.78 is 7.14. The molecule has 1 saturated heterocycles. The third-order valence-corrected chi connectivity index (χ3v) is 3.79. The normalized spacial score (nSPS) is 21.2. The van der Waals surface area contributed by atoms with Crippen molar-refractivity contribution in [3.05, 3.63) is 33.4 Å². The molecule has 0 atom stereocenters. The molecule has 1 aromatic rings. The maximum atomic E-state index is 12.6. The van der Waals surface area contributed by atoms with Crippen LogP contribution < -0.4 is 0 Å². The van der Waals surface area contributed by atoms with Crippen LogP contribution in [0.3, 0.4) is 0 Å². The van der Waals surface area contributed by atoms with Gasteiger partial charge < -0.3 is 9.64 Å². The highest BCUT2D eigenvalue weighted by Gasteiger charge is 2.40. The lowest BCUT2D eigenvalue weighted by Crippen LogP contribution is -2.58. The summed E-state index contributed by atoms with van der Waals surface area (Å²) in [5.74, 6) is 0.0841. The largest absolute Gasteiger partial charge is 0.366 e. The van der Waals surface area contributed by atoms with E-state index in [1.54, 1.807) is 0 Å². The lowest BCUT2D eigenvalue weighted by atomic mass is 9.98. The molecule has 19 heavy (non-hydrogen) atoms. The monoisotopic (exact) mass is 373 g/mol. The number of morpholine rings is 1. The van der Waals surface area contributed by atoms with Crippen LogP contribution in [-0.4, -0.2) is 35.1 Å². The predicted octanol–water partition coefficient (Wildman–Crippen LogP) is 3.32. The zero-order valence-corrected chi connectivity index (χ0v) is 14.0. The standard InChI is InChI=1S/C15H20INO2/c1-14(2)9-17(10-15(3,4)19-14)13(18)11-5-7-12(16)8-6-11/h5-8H,9-10H2,1-4H3. The number of carbonyl (C=O) groups excluding carboxylic acids is 1. The molecule has 1 heterocycles. The Bertz CT molecular complexity index is 463. The second kappa shape index (κ2) is 5.05. The number of amides is 1. The van der Waals surface area contributed by atoms with Crippen molar-refractivity contribution < 1.29 is 9.53 Å². The molecule has 1 aliphatic rings. The molecule has 0 N–H and O–H groups in total. The average Bonchev–Trinajstić information content (AvgIpc) is 2.25. The minimum absolute atomic E-state index is 0.0841. The first-order valence-corrected chi connectivity index (χ1v) is 7.51. The van der Waals surface area contributed by atoms with Crippen molar-refractivity contribution >= 4 is 28.5 Å². The van der Waals surface area contributed by atoms with Gasteiger partial charge in [0.25, 0.3) is 5.91 Å². The van der Waals surface area contributed by atoms with Gasteiger partial charge in [0.05, 0.1) is 11.2 Å². The predicted molar refractivity (Wildman–Crippen MR) is 84.3 cm³/mol. The highest BCUT2D eigenvalue weighted by Crippen LogP contribution is 2.29. The molecule has 0 radical (unpaired) electrons. The summed E-state index contributed by atoms with van der Waals surface area (Å²) in [6.45, 7) is 9.37. The lowest BCUT2D eigenvalue weighted by Gasteiger charge is -2.47. The zero-order valence-electron chi connectivity index (χ0n) is 11.9. The molecule has 0 bridgehead atoms. The Kier molecular flexibility index (Phi) is 3.93. The van der Waals surface area contributed by atoms with Crippen molar-refractivity contribution in [1.82, 2.24) is 4.90 Å². The molecule has 0 aromatic heterocycles. The Morgan fingerprint density at radius 3 is 2.05 bits per heavy atom. The zero-order chi connectivity index (χ0) is 14.3. The number of rotatable bonds is 1. The molecule has 0 unspecified atom stereocenters. The van der Waals surface area contributed by atoms with E-state index in [0.717, 1.165) is 9.13 Å². The Morgan fingerprint density at radius 2 is 1.58 bits per heavy atom. The Morgan fingerprint density at radius 1 is 1.11 bits per heavy atom. The summed E-state index contributed by atoms with van der Waals surface area (Å²) >= 11 is 2.24. The van der Waals surface area contributed by atoms with Gasteiger partial charge in [-0.2, -0.15) is 0 Å². The van der Waals surface area contributed by atoms with E-state index in [9.17, 15) is 4.79 Å². The molecule has 0 saturated carbocycles. The first kappa shape index (κ1) is 14.8. The molecular formula is C15H20INO2. The smallest absolute Gasteiger partial charge is 0.254 e. The summed E-state index contributed by atoms with van der Waals surface area (Å²) in [6, 6.07) is 7.70. The van der Waals surface area contributed by atoms with Gasteiger partial charge in [-0.1, -0.05) is 0 Å². The van der Waals surface area contributed by atoms with Crippen molar-refractivity contribution in [2.45, 2.75) is 38.9 Å². The number of nitrogens with zero attached hydrogens (tertiary/aromatic N) is 1. The second-order valence-electron chi connectivity index (χ2n) is 6.29. The quantitative estimate of drug-likeness (QED) is 0.707. The van der Waals surface area contributed by atoms with Gasteiger partial charge in [0.2, 0.25) is 0 Å². The third kappa shape index (κ3) is 3.69. The first-order chi connectivity index (χ1) is 8.69. The van der Waals surface area contributed by atoms with Crippen LogP contribution >= 0.6 is 22.6 Å². The van der Waals surface area contributed by atoms with Crippen LogP contribution in [0.5, 0.6) is 0 Å². The van der Waals surface area contributed by atoms with Crippen LogP contribution in [0.1, 0.15) is 38.1 Å². The molecule has 0 spiro atoms. The summed E-state index contributed by atoms with van der Waals surface area (Å²) in [5.41, 5.74) is 0.134. The van der Waals surface area contributed by atoms with Crippen LogP contribution in [-0.2, 0) is 4.74 Å². The van der Waals surface area contributed by atoms with E-state index in [4.69, 9.17) is 4.74 Å². The van der Waals surface area contributed by atoms with E-state index < -0.39 is 0 Å². The summed E-state index contributed by atoms with van der Waals surface area (Å²) in [5, 5.41) is 0.